The molecule has 0 unspecified atom stereocenters. The Balaban J connectivity index is 2.85. The number of thiocarbonyl (C=S) groups is 1. The van der Waals surface area contributed by atoms with Gasteiger partial charge in [0.15, 0.2) is 0 Å². The Morgan fingerprint density at radius 1 is 1.41 bits per heavy atom. The Kier molecular flexibility index (Phi) is 5.35. The molecule has 17 heavy (non-hydrogen) atoms. The molecule has 3 N–H and O–H groups in total. The van der Waals surface area contributed by atoms with Crippen molar-refractivity contribution in [2.75, 3.05) is 11.9 Å². The second-order valence-corrected chi connectivity index (χ2v) is 4.71. The molecule has 0 atom stereocenters. The molecule has 0 amide bonds. The summed E-state index contributed by atoms with van der Waals surface area (Å²) in [6, 6.07) is 2.01. The Bertz CT molecular complexity index is 402. The summed E-state index contributed by atoms with van der Waals surface area (Å²) in [5.41, 5.74) is 9.52. The molecule has 0 aliphatic carbocycles. The highest BCUT2D eigenvalue weighted by atomic mass is 32.1. The van der Waals surface area contributed by atoms with Crippen LogP contribution in [-0.4, -0.2) is 16.5 Å². The molecule has 0 saturated heterocycles. The minimum Gasteiger partial charge on any atom is -0.389 e. The standard InChI is InChI=1S/C13H21N3S/c1-4-5-6-7-15-11-8-9(2)16-10(3)12(11)13(14)17/h8H,4-7H2,1-3H3,(H2,14,17)(H,15,16). The summed E-state index contributed by atoms with van der Waals surface area (Å²) < 4.78 is 0. The highest BCUT2D eigenvalue weighted by Gasteiger charge is 2.10. The van der Waals surface area contributed by atoms with E-state index in [1.807, 2.05) is 19.9 Å². The number of aromatic nitrogens is 1. The monoisotopic (exact) mass is 251 g/mol. The summed E-state index contributed by atoms with van der Waals surface area (Å²) >= 11 is 5.08. The van der Waals surface area contributed by atoms with Crippen molar-refractivity contribution < 1.29 is 0 Å². The average molecular weight is 251 g/mol. The number of hydrogen-bond acceptors (Lipinski definition) is 3. The van der Waals surface area contributed by atoms with Crippen molar-refractivity contribution in [3.8, 4) is 0 Å². The summed E-state index contributed by atoms with van der Waals surface area (Å²) in [6.45, 7) is 7.07. The van der Waals surface area contributed by atoms with Crippen LogP contribution in [0.15, 0.2) is 6.07 Å². The van der Waals surface area contributed by atoms with Crippen molar-refractivity contribution in [3.05, 3.63) is 23.0 Å². The lowest BCUT2D eigenvalue weighted by Gasteiger charge is -2.14. The topological polar surface area (TPSA) is 50.9 Å². The van der Waals surface area contributed by atoms with Gasteiger partial charge >= 0.3 is 0 Å². The van der Waals surface area contributed by atoms with E-state index in [1.54, 1.807) is 0 Å². The van der Waals surface area contributed by atoms with Crippen molar-refractivity contribution in [2.45, 2.75) is 40.0 Å². The van der Waals surface area contributed by atoms with Crippen LogP contribution in [0.1, 0.15) is 43.1 Å². The molecule has 1 aromatic heterocycles. The lowest BCUT2D eigenvalue weighted by Crippen LogP contribution is -2.17. The molecule has 94 valence electrons. The molecule has 1 aromatic rings. The zero-order valence-corrected chi connectivity index (χ0v) is 11.7. The Labute approximate surface area is 109 Å². The van der Waals surface area contributed by atoms with E-state index in [4.69, 9.17) is 18.0 Å². The van der Waals surface area contributed by atoms with E-state index < -0.39 is 0 Å². The number of nitrogens with two attached hydrogens (primary N) is 1. The quantitative estimate of drug-likeness (QED) is 0.603. The zero-order valence-electron chi connectivity index (χ0n) is 10.8. The third-order valence-corrected chi connectivity index (χ3v) is 2.87. The van der Waals surface area contributed by atoms with E-state index in [0.717, 1.165) is 35.6 Å². The van der Waals surface area contributed by atoms with E-state index in [-0.39, 0.29) is 0 Å². The van der Waals surface area contributed by atoms with Crippen molar-refractivity contribution >= 4 is 22.9 Å². The first kappa shape index (κ1) is 13.9. The van der Waals surface area contributed by atoms with E-state index in [0.29, 0.717) is 4.99 Å². The van der Waals surface area contributed by atoms with Gasteiger partial charge in [-0.25, -0.2) is 0 Å². The molecule has 0 fully saturated rings. The smallest absolute Gasteiger partial charge is 0.107 e. The molecule has 3 nitrogen and oxygen atoms in total. The number of anilines is 1. The molecule has 1 rings (SSSR count). The normalized spacial score (nSPS) is 10.3. The first-order chi connectivity index (χ1) is 8.06. The summed E-state index contributed by atoms with van der Waals surface area (Å²) in [5, 5.41) is 3.40. The number of nitrogens with zero attached hydrogens (tertiary/aromatic N) is 1. The van der Waals surface area contributed by atoms with Gasteiger partial charge < -0.3 is 11.1 Å². The van der Waals surface area contributed by atoms with Gasteiger partial charge in [0, 0.05) is 23.6 Å². The lowest BCUT2D eigenvalue weighted by atomic mass is 10.1. The second-order valence-electron chi connectivity index (χ2n) is 4.27. The highest BCUT2D eigenvalue weighted by Crippen LogP contribution is 2.19. The number of unbranched alkanes of at least 4 members (excludes halogenated alkanes) is 2. The maximum atomic E-state index is 5.75. The molecule has 0 bridgehead atoms. The predicted molar refractivity (Wildman–Crippen MR) is 77.6 cm³/mol. The van der Waals surface area contributed by atoms with Gasteiger partial charge in [-0.2, -0.15) is 0 Å². The number of aryl methyl sites for hydroxylation is 2. The molecule has 4 heteroatoms. The van der Waals surface area contributed by atoms with Gasteiger partial charge in [-0.3, -0.25) is 4.98 Å². The number of nitrogens with one attached hydrogen (secondary N) is 1. The van der Waals surface area contributed by atoms with Crippen LogP contribution in [0.2, 0.25) is 0 Å². The SMILES string of the molecule is CCCCCNc1cc(C)nc(C)c1C(N)=S. The minimum absolute atomic E-state index is 0.410. The van der Waals surface area contributed by atoms with Crippen molar-refractivity contribution in [2.24, 2.45) is 5.73 Å². The fraction of sp³-hybridized carbons (Fsp3) is 0.538. The fourth-order valence-corrected chi connectivity index (χ4v) is 2.13. The average Bonchev–Trinajstić information content (AvgIpc) is 2.22. The van der Waals surface area contributed by atoms with Crippen LogP contribution in [0.5, 0.6) is 0 Å². The van der Waals surface area contributed by atoms with Gasteiger partial charge in [-0.1, -0.05) is 32.0 Å². The molecule has 0 aliphatic heterocycles. The molecule has 0 aromatic carbocycles. The number of hydrogen-bond donors (Lipinski definition) is 2. The van der Waals surface area contributed by atoms with E-state index in [1.165, 1.54) is 12.8 Å². The van der Waals surface area contributed by atoms with Gasteiger partial charge in [-0.05, 0) is 26.3 Å². The summed E-state index contributed by atoms with van der Waals surface area (Å²) in [5.74, 6) is 0. The largest absolute Gasteiger partial charge is 0.389 e. The maximum absolute atomic E-state index is 5.75. The highest BCUT2D eigenvalue weighted by molar-refractivity contribution is 7.80. The Morgan fingerprint density at radius 3 is 2.71 bits per heavy atom. The summed E-state index contributed by atoms with van der Waals surface area (Å²) in [7, 11) is 0. The van der Waals surface area contributed by atoms with Crippen molar-refractivity contribution in [1.29, 1.82) is 0 Å². The molecule has 0 radical (unpaired) electrons. The molecule has 0 aliphatic rings. The van der Waals surface area contributed by atoms with E-state index in [9.17, 15) is 0 Å². The van der Waals surface area contributed by atoms with Crippen LogP contribution in [0, 0.1) is 13.8 Å². The van der Waals surface area contributed by atoms with Crippen molar-refractivity contribution in [1.82, 2.24) is 4.98 Å². The van der Waals surface area contributed by atoms with E-state index >= 15 is 0 Å². The van der Waals surface area contributed by atoms with Gasteiger partial charge in [0.1, 0.15) is 4.99 Å². The molecular formula is C13H21N3S. The van der Waals surface area contributed by atoms with Gasteiger partial charge in [-0.15, -0.1) is 0 Å². The van der Waals surface area contributed by atoms with Gasteiger partial charge in [0.25, 0.3) is 0 Å². The van der Waals surface area contributed by atoms with Crippen molar-refractivity contribution in [3.63, 3.8) is 0 Å². The number of rotatable bonds is 6. The van der Waals surface area contributed by atoms with Gasteiger partial charge in [0.2, 0.25) is 0 Å². The first-order valence-electron chi connectivity index (χ1n) is 6.08. The Morgan fingerprint density at radius 2 is 2.12 bits per heavy atom. The maximum Gasteiger partial charge on any atom is 0.107 e. The van der Waals surface area contributed by atoms with Gasteiger partial charge in [0.05, 0.1) is 5.56 Å². The molecule has 1 heterocycles. The van der Waals surface area contributed by atoms with Crippen LogP contribution in [0.4, 0.5) is 5.69 Å². The van der Waals surface area contributed by atoms with Crippen LogP contribution < -0.4 is 11.1 Å². The predicted octanol–water partition coefficient (Wildman–Crippen LogP) is 2.93. The van der Waals surface area contributed by atoms with E-state index in [2.05, 4.69) is 17.2 Å². The molecule has 0 saturated carbocycles. The van der Waals surface area contributed by atoms with Crippen LogP contribution >= 0.6 is 12.2 Å². The molecule has 0 spiro atoms. The van der Waals surface area contributed by atoms with Crippen LogP contribution in [0.25, 0.3) is 0 Å². The Hall–Kier alpha value is -1.16. The third-order valence-electron chi connectivity index (χ3n) is 2.67. The minimum atomic E-state index is 0.410. The van der Waals surface area contributed by atoms with Crippen LogP contribution in [0.3, 0.4) is 0 Å². The summed E-state index contributed by atoms with van der Waals surface area (Å²) in [6.07, 6.45) is 3.62. The lowest BCUT2D eigenvalue weighted by molar-refractivity contribution is 0.743. The first-order valence-corrected chi connectivity index (χ1v) is 6.49. The number of pyridine rings is 1. The fourth-order valence-electron chi connectivity index (χ4n) is 1.88. The third kappa shape index (κ3) is 3.97. The molecular weight excluding hydrogens is 230 g/mol. The van der Waals surface area contributed by atoms with Crippen LogP contribution in [-0.2, 0) is 0 Å². The second kappa shape index (κ2) is 6.55. The summed E-state index contributed by atoms with van der Waals surface area (Å²) in [4.78, 5) is 4.80. The zero-order chi connectivity index (χ0) is 12.8.